The predicted octanol–water partition coefficient (Wildman–Crippen LogP) is 0.0733. The highest BCUT2D eigenvalue weighted by Crippen LogP contribution is 2.10. The second-order valence-corrected chi connectivity index (χ2v) is 3.30. The minimum Gasteiger partial charge on any atom is -0.392 e. The van der Waals surface area contributed by atoms with Crippen molar-refractivity contribution in [2.24, 2.45) is 5.73 Å². The van der Waals surface area contributed by atoms with E-state index in [0.29, 0.717) is 17.9 Å². The Morgan fingerprint density at radius 3 is 3.07 bits per heavy atom. The first-order valence-corrected chi connectivity index (χ1v) is 4.67. The number of aromatic nitrogens is 1. The Bertz CT molecular complexity index is 359. The highest BCUT2D eigenvalue weighted by atomic mass is 16.3. The van der Waals surface area contributed by atoms with Crippen LogP contribution in [0.3, 0.4) is 0 Å². The van der Waals surface area contributed by atoms with Crippen molar-refractivity contribution in [1.29, 1.82) is 5.26 Å². The third kappa shape index (κ3) is 3.20. The first-order valence-electron chi connectivity index (χ1n) is 4.67. The largest absolute Gasteiger partial charge is 0.392 e. The first-order chi connectivity index (χ1) is 7.15. The Morgan fingerprint density at radius 1 is 1.73 bits per heavy atom. The van der Waals surface area contributed by atoms with E-state index < -0.39 is 6.10 Å². The van der Waals surface area contributed by atoms with Crippen molar-refractivity contribution in [2.45, 2.75) is 19.1 Å². The molecule has 0 radical (unpaired) electrons. The van der Waals surface area contributed by atoms with Crippen molar-refractivity contribution >= 4 is 5.69 Å². The topological polar surface area (TPSA) is 95.0 Å². The molecule has 4 N–H and O–H groups in total. The van der Waals surface area contributed by atoms with E-state index in [2.05, 4.69) is 10.3 Å². The van der Waals surface area contributed by atoms with Gasteiger partial charge in [-0.3, -0.25) is 0 Å². The van der Waals surface area contributed by atoms with Crippen LogP contribution in [-0.4, -0.2) is 28.8 Å². The van der Waals surface area contributed by atoms with Gasteiger partial charge in [0.25, 0.3) is 0 Å². The Labute approximate surface area is 88.6 Å². The number of pyridine rings is 1. The standard InChI is InChI=1S/C10H14N4O/c1-7(15)8(12)6-14-9-3-2-4-13-10(9)5-11/h2-4,7-8,14-15H,6,12H2,1H3. The van der Waals surface area contributed by atoms with Crippen molar-refractivity contribution in [2.75, 3.05) is 11.9 Å². The van der Waals surface area contributed by atoms with E-state index >= 15 is 0 Å². The van der Waals surface area contributed by atoms with E-state index in [-0.39, 0.29) is 6.04 Å². The maximum absolute atomic E-state index is 9.18. The lowest BCUT2D eigenvalue weighted by atomic mass is 10.2. The summed E-state index contributed by atoms with van der Waals surface area (Å²) in [5.41, 5.74) is 6.60. The van der Waals surface area contributed by atoms with Crippen LogP contribution in [0.15, 0.2) is 18.3 Å². The highest BCUT2D eigenvalue weighted by Gasteiger charge is 2.09. The summed E-state index contributed by atoms with van der Waals surface area (Å²) >= 11 is 0. The molecule has 0 saturated heterocycles. The van der Waals surface area contributed by atoms with Crippen LogP contribution >= 0.6 is 0 Å². The molecule has 0 fully saturated rings. The van der Waals surface area contributed by atoms with Crippen molar-refractivity contribution in [3.05, 3.63) is 24.0 Å². The zero-order valence-corrected chi connectivity index (χ0v) is 8.51. The van der Waals surface area contributed by atoms with E-state index in [1.54, 1.807) is 25.3 Å². The Morgan fingerprint density at radius 2 is 2.47 bits per heavy atom. The summed E-state index contributed by atoms with van der Waals surface area (Å²) in [4.78, 5) is 3.89. The number of aliphatic hydroxyl groups is 1. The van der Waals surface area contributed by atoms with Crippen molar-refractivity contribution < 1.29 is 5.11 Å². The summed E-state index contributed by atoms with van der Waals surface area (Å²) in [6.45, 7) is 2.03. The molecule has 0 amide bonds. The van der Waals surface area contributed by atoms with Crippen LogP contribution in [-0.2, 0) is 0 Å². The number of nitriles is 1. The predicted molar refractivity (Wildman–Crippen MR) is 57.1 cm³/mol. The average molecular weight is 206 g/mol. The average Bonchev–Trinajstić information content (AvgIpc) is 2.26. The van der Waals surface area contributed by atoms with Gasteiger partial charge in [0.1, 0.15) is 6.07 Å². The number of anilines is 1. The molecule has 80 valence electrons. The van der Waals surface area contributed by atoms with Crippen LogP contribution in [0.1, 0.15) is 12.6 Å². The lowest BCUT2D eigenvalue weighted by molar-refractivity contribution is 0.168. The number of hydrogen-bond donors (Lipinski definition) is 3. The van der Waals surface area contributed by atoms with Crippen LogP contribution in [0.2, 0.25) is 0 Å². The third-order valence-corrected chi connectivity index (χ3v) is 2.06. The van der Waals surface area contributed by atoms with Gasteiger partial charge >= 0.3 is 0 Å². The van der Waals surface area contributed by atoms with Gasteiger partial charge in [0.05, 0.1) is 11.8 Å². The van der Waals surface area contributed by atoms with E-state index in [9.17, 15) is 5.11 Å². The minimum absolute atomic E-state index is 0.329. The molecule has 0 saturated carbocycles. The molecule has 1 aromatic heterocycles. The summed E-state index contributed by atoms with van der Waals surface area (Å²) in [5, 5.41) is 20.9. The quantitative estimate of drug-likeness (QED) is 0.648. The normalized spacial score (nSPS) is 14.0. The van der Waals surface area contributed by atoms with Crippen LogP contribution in [0.4, 0.5) is 5.69 Å². The second-order valence-electron chi connectivity index (χ2n) is 3.30. The number of nitrogens with zero attached hydrogens (tertiary/aromatic N) is 2. The second kappa shape index (κ2) is 5.29. The van der Waals surface area contributed by atoms with Crippen molar-refractivity contribution in [3.63, 3.8) is 0 Å². The summed E-state index contributed by atoms with van der Waals surface area (Å²) < 4.78 is 0. The maximum atomic E-state index is 9.18. The van der Waals surface area contributed by atoms with Gasteiger partial charge in [0, 0.05) is 18.8 Å². The molecule has 15 heavy (non-hydrogen) atoms. The molecule has 0 spiro atoms. The SMILES string of the molecule is CC(O)C(N)CNc1cccnc1C#N. The minimum atomic E-state index is -0.584. The van der Waals surface area contributed by atoms with E-state index in [4.69, 9.17) is 11.0 Å². The molecule has 5 nitrogen and oxygen atoms in total. The lowest BCUT2D eigenvalue weighted by Crippen LogP contribution is -2.38. The fraction of sp³-hybridized carbons (Fsp3) is 0.400. The smallest absolute Gasteiger partial charge is 0.163 e. The molecule has 1 heterocycles. The highest BCUT2D eigenvalue weighted by molar-refractivity contribution is 5.53. The fourth-order valence-corrected chi connectivity index (χ4v) is 1.04. The van der Waals surface area contributed by atoms with Crippen molar-refractivity contribution in [1.82, 2.24) is 4.98 Å². The van der Waals surface area contributed by atoms with Gasteiger partial charge in [0.2, 0.25) is 0 Å². The zero-order valence-electron chi connectivity index (χ0n) is 8.51. The number of aliphatic hydroxyl groups excluding tert-OH is 1. The molecular formula is C10H14N4O. The molecule has 0 bridgehead atoms. The van der Waals surface area contributed by atoms with Crippen LogP contribution in [0.5, 0.6) is 0 Å². The van der Waals surface area contributed by atoms with E-state index in [1.165, 1.54) is 0 Å². The molecule has 0 aliphatic rings. The summed E-state index contributed by atoms with van der Waals surface area (Å²) in [6, 6.07) is 5.09. The zero-order chi connectivity index (χ0) is 11.3. The fourth-order valence-electron chi connectivity index (χ4n) is 1.04. The molecule has 2 unspecified atom stereocenters. The molecule has 5 heteroatoms. The van der Waals surface area contributed by atoms with Crippen LogP contribution in [0.25, 0.3) is 0 Å². The van der Waals surface area contributed by atoms with Gasteiger partial charge < -0.3 is 16.2 Å². The number of rotatable bonds is 4. The molecule has 0 aromatic carbocycles. The Balaban J connectivity index is 2.62. The summed E-state index contributed by atoms with van der Waals surface area (Å²) in [5.74, 6) is 0. The number of hydrogen-bond acceptors (Lipinski definition) is 5. The molecule has 2 atom stereocenters. The van der Waals surface area contributed by atoms with Gasteiger partial charge in [-0.2, -0.15) is 5.26 Å². The third-order valence-electron chi connectivity index (χ3n) is 2.06. The Kier molecular flexibility index (Phi) is 4.03. The molecule has 1 rings (SSSR count). The van der Waals surface area contributed by atoms with Gasteiger partial charge in [-0.15, -0.1) is 0 Å². The van der Waals surface area contributed by atoms with Gasteiger partial charge in [0.15, 0.2) is 5.69 Å². The van der Waals surface area contributed by atoms with E-state index in [0.717, 1.165) is 0 Å². The van der Waals surface area contributed by atoms with Crippen LogP contribution in [0, 0.1) is 11.3 Å². The molecular weight excluding hydrogens is 192 g/mol. The molecule has 0 aliphatic carbocycles. The van der Waals surface area contributed by atoms with Crippen molar-refractivity contribution in [3.8, 4) is 6.07 Å². The molecule has 0 aliphatic heterocycles. The van der Waals surface area contributed by atoms with E-state index in [1.807, 2.05) is 6.07 Å². The monoisotopic (exact) mass is 206 g/mol. The van der Waals surface area contributed by atoms with Gasteiger partial charge in [-0.05, 0) is 19.1 Å². The summed E-state index contributed by atoms with van der Waals surface area (Å²) in [6.07, 6.45) is 0.970. The van der Waals surface area contributed by atoms with Crippen LogP contribution < -0.4 is 11.1 Å². The van der Waals surface area contributed by atoms with Gasteiger partial charge in [-0.1, -0.05) is 0 Å². The maximum Gasteiger partial charge on any atom is 0.163 e. The molecule has 1 aromatic rings. The first kappa shape index (κ1) is 11.4. The van der Waals surface area contributed by atoms with Gasteiger partial charge in [-0.25, -0.2) is 4.98 Å². The lowest BCUT2D eigenvalue weighted by Gasteiger charge is -2.16. The Hall–Kier alpha value is -1.64. The summed E-state index contributed by atoms with van der Waals surface area (Å²) in [7, 11) is 0. The number of nitrogens with one attached hydrogen (secondary N) is 1. The number of nitrogens with two attached hydrogens (primary N) is 1.